The van der Waals surface area contributed by atoms with Crippen molar-refractivity contribution in [2.24, 2.45) is 0 Å². The van der Waals surface area contributed by atoms with E-state index >= 15 is 0 Å². The molecule has 1 aromatic carbocycles. The number of hydrogen-bond acceptors (Lipinski definition) is 6. The van der Waals surface area contributed by atoms with Crippen LogP contribution < -0.4 is 4.72 Å². The molecule has 150 valence electrons. The smallest absolute Gasteiger partial charge is 0.336 e. The van der Waals surface area contributed by atoms with E-state index in [0.29, 0.717) is 17.1 Å². The van der Waals surface area contributed by atoms with Gasteiger partial charge in [-0.25, -0.2) is 18.1 Å². The summed E-state index contributed by atoms with van der Waals surface area (Å²) in [5, 5.41) is 8.03. The fraction of sp³-hybridized carbons (Fsp3) is 0.118. The third-order valence-corrected chi connectivity index (χ3v) is 5.45. The molecule has 0 unspecified atom stereocenters. The zero-order chi connectivity index (χ0) is 20.8. The monoisotopic (exact) mass is 423 g/mol. The van der Waals surface area contributed by atoms with Gasteiger partial charge in [-0.15, -0.1) is 0 Å². The minimum atomic E-state index is -4.65. The first-order chi connectivity index (χ1) is 13.6. The number of nitrogens with zero attached hydrogens (tertiary/aromatic N) is 4. The van der Waals surface area contributed by atoms with E-state index in [1.54, 1.807) is 13.0 Å². The molecule has 3 aromatic heterocycles. The molecule has 1 N–H and O–H groups in total. The number of anilines is 1. The van der Waals surface area contributed by atoms with E-state index in [9.17, 15) is 21.6 Å². The second-order valence-corrected chi connectivity index (χ2v) is 7.76. The summed E-state index contributed by atoms with van der Waals surface area (Å²) in [6.45, 7) is 1.61. The summed E-state index contributed by atoms with van der Waals surface area (Å²) < 4.78 is 73.6. The zero-order valence-electron chi connectivity index (χ0n) is 14.7. The van der Waals surface area contributed by atoms with Gasteiger partial charge in [-0.05, 0) is 37.3 Å². The van der Waals surface area contributed by atoms with Gasteiger partial charge < -0.3 is 4.52 Å². The standard InChI is InChI=1S/C17H12F3N5O3S/c1-10-13-8-12(9-21-16(13)28-23-10)29(26,27)24-14-7-11(17(18,19)20)3-4-15(14)25-6-2-5-22-25/h2-9,24H,1H3. The number of aryl methyl sites for hydroxylation is 1. The first-order valence-corrected chi connectivity index (χ1v) is 9.59. The third kappa shape index (κ3) is 3.53. The Bertz CT molecular complexity index is 1300. The Morgan fingerprint density at radius 2 is 2.00 bits per heavy atom. The average Bonchev–Trinajstić information content (AvgIpc) is 3.31. The van der Waals surface area contributed by atoms with Crippen LogP contribution in [0.3, 0.4) is 0 Å². The Morgan fingerprint density at radius 1 is 1.21 bits per heavy atom. The van der Waals surface area contributed by atoms with E-state index in [4.69, 9.17) is 4.52 Å². The number of halogens is 3. The fourth-order valence-corrected chi connectivity index (χ4v) is 3.72. The quantitative estimate of drug-likeness (QED) is 0.539. The van der Waals surface area contributed by atoms with Gasteiger partial charge in [-0.2, -0.15) is 18.3 Å². The van der Waals surface area contributed by atoms with Gasteiger partial charge >= 0.3 is 6.18 Å². The lowest BCUT2D eigenvalue weighted by Gasteiger charge is -2.15. The lowest BCUT2D eigenvalue weighted by Crippen LogP contribution is -2.16. The van der Waals surface area contributed by atoms with Gasteiger partial charge in [0.2, 0.25) is 0 Å². The molecule has 0 aliphatic rings. The number of benzene rings is 1. The molecule has 4 rings (SSSR count). The van der Waals surface area contributed by atoms with Gasteiger partial charge in [0.15, 0.2) is 0 Å². The van der Waals surface area contributed by atoms with Crippen LogP contribution in [0.15, 0.2) is 58.3 Å². The molecule has 0 aliphatic carbocycles. The highest BCUT2D eigenvalue weighted by Crippen LogP contribution is 2.34. The van der Waals surface area contributed by atoms with Crippen LogP contribution in [0.2, 0.25) is 0 Å². The highest BCUT2D eigenvalue weighted by atomic mass is 32.2. The van der Waals surface area contributed by atoms with E-state index in [1.807, 2.05) is 0 Å². The van der Waals surface area contributed by atoms with E-state index in [1.165, 1.54) is 23.1 Å². The van der Waals surface area contributed by atoms with Crippen LogP contribution in [0.1, 0.15) is 11.3 Å². The van der Waals surface area contributed by atoms with E-state index in [0.717, 1.165) is 18.3 Å². The Balaban J connectivity index is 1.81. The van der Waals surface area contributed by atoms with Crippen LogP contribution in [-0.4, -0.2) is 28.3 Å². The topological polar surface area (TPSA) is 103 Å². The van der Waals surface area contributed by atoms with Crippen molar-refractivity contribution < 1.29 is 26.1 Å². The minimum absolute atomic E-state index is 0.127. The van der Waals surface area contributed by atoms with Crippen molar-refractivity contribution >= 4 is 26.8 Å². The summed E-state index contributed by atoms with van der Waals surface area (Å²) in [4.78, 5) is 3.64. The molecule has 0 aliphatic heterocycles. The maximum Gasteiger partial charge on any atom is 0.416 e. The van der Waals surface area contributed by atoms with Crippen molar-refractivity contribution in [2.45, 2.75) is 18.0 Å². The molecule has 0 fully saturated rings. The molecule has 0 atom stereocenters. The summed E-state index contributed by atoms with van der Waals surface area (Å²) in [6, 6.07) is 5.55. The molecular weight excluding hydrogens is 411 g/mol. The average molecular weight is 423 g/mol. The highest BCUT2D eigenvalue weighted by Gasteiger charge is 2.32. The Morgan fingerprint density at radius 3 is 2.69 bits per heavy atom. The number of fused-ring (bicyclic) bond motifs is 1. The first-order valence-electron chi connectivity index (χ1n) is 8.11. The second-order valence-electron chi connectivity index (χ2n) is 6.08. The van der Waals surface area contributed by atoms with Gasteiger partial charge in [-0.1, -0.05) is 5.16 Å². The third-order valence-electron chi connectivity index (χ3n) is 4.11. The molecule has 0 saturated carbocycles. The van der Waals surface area contributed by atoms with Crippen LogP contribution in [0.25, 0.3) is 16.8 Å². The predicted molar refractivity (Wildman–Crippen MR) is 95.9 cm³/mol. The molecule has 0 bridgehead atoms. The molecule has 0 spiro atoms. The molecule has 0 radical (unpaired) electrons. The lowest BCUT2D eigenvalue weighted by molar-refractivity contribution is -0.137. The lowest BCUT2D eigenvalue weighted by atomic mass is 10.1. The number of nitrogens with one attached hydrogen (secondary N) is 1. The predicted octanol–water partition coefficient (Wildman–Crippen LogP) is 3.54. The van der Waals surface area contributed by atoms with Crippen LogP contribution in [0, 0.1) is 6.92 Å². The highest BCUT2D eigenvalue weighted by molar-refractivity contribution is 7.92. The zero-order valence-corrected chi connectivity index (χ0v) is 15.5. The molecule has 0 saturated heterocycles. The van der Waals surface area contributed by atoms with E-state index in [2.05, 4.69) is 20.0 Å². The number of pyridine rings is 1. The van der Waals surface area contributed by atoms with E-state index < -0.39 is 21.8 Å². The van der Waals surface area contributed by atoms with Crippen LogP contribution >= 0.6 is 0 Å². The largest absolute Gasteiger partial charge is 0.416 e. The second kappa shape index (κ2) is 6.58. The maximum atomic E-state index is 13.2. The van der Waals surface area contributed by atoms with Crippen molar-refractivity contribution in [3.05, 3.63) is 60.2 Å². The molecule has 0 amide bonds. The Labute approximate surface area is 162 Å². The number of hydrogen-bond donors (Lipinski definition) is 1. The summed E-state index contributed by atoms with van der Waals surface area (Å²) in [6.07, 6.45) is -0.712. The number of aromatic nitrogens is 4. The number of sulfonamides is 1. The van der Waals surface area contributed by atoms with Gasteiger partial charge in [0.25, 0.3) is 15.7 Å². The van der Waals surface area contributed by atoms with Gasteiger partial charge in [0.05, 0.1) is 34.2 Å². The van der Waals surface area contributed by atoms with Gasteiger partial charge in [0.1, 0.15) is 4.90 Å². The molecular formula is C17H12F3N5O3S. The number of alkyl halides is 3. The summed E-state index contributed by atoms with van der Waals surface area (Å²) in [5.74, 6) is 0. The van der Waals surface area contributed by atoms with Crippen LogP contribution in [0.5, 0.6) is 0 Å². The molecule has 12 heteroatoms. The van der Waals surface area contributed by atoms with Gasteiger partial charge in [-0.3, -0.25) is 4.72 Å². The fourth-order valence-electron chi connectivity index (χ4n) is 2.68. The molecule has 4 aromatic rings. The van der Waals surface area contributed by atoms with Crippen LogP contribution in [0.4, 0.5) is 18.9 Å². The summed E-state index contributed by atoms with van der Waals surface area (Å²) >= 11 is 0. The molecule has 8 nitrogen and oxygen atoms in total. The summed E-state index contributed by atoms with van der Waals surface area (Å²) in [5.41, 5.74) is -0.583. The Kier molecular flexibility index (Phi) is 4.30. The van der Waals surface area contributed by atoms with Crippen molar-refractivity contribution in [3.63, 3.8) is 0 Å². The molecule has 3 heterocycles. The van der Waals surface area contributed by atoms with Crippen molar-refractivity contribution in [1.82, 2.24) is 19.9 Å². The van der Waals surface area contributed by atoms with Crippen molar-refractivity contribution in [2.75, 3.05) is 4.72 Å². The van der Waals surface area contributed by atoms with E-state index in [-0.39, 0.29) is 22.0 Å². The first kappa shape index (κ1) is 18.9. The maximum absolute atomic E-state index is 13.2. The normalized spacial score (nSPS) is 12.4. The SMILES string of the molecule is Cc1noc2ncc(S(=O)(=O)Nc3cc(C(F)(F)F)ccc3-n3cccn3)cc12. The molecule has 29 heavy (non-hydrogen) atoms. The van der Waals surface area contributed by atoms with Crippen molar-refractivity contribution in [3.8, 4) is 5.69 Å². The van der Waals surface area contributed by atoms with Crippen molar-refractivity contribution in [1.29, 1.82) is 0 Å². The Hall–Kier alpha value is -3.41. The van der Waals surface area contributed by atoms with Crippen LogP contribution in [-0.2, 0) is 16.2 Å². The number of rotatable bonds is 4. The minimum Gasteiger partial charge on any atom is -0.336 e. The summed E-state index contributed by atoms with van der Waals surface area (Å²) in [7, 11) is -4.27. The van der Waals surface area contributed by atoms with Gasteiger partial charge in [0, 0.05) is 12.4 Å².